The standard InChI is InChI=1S/C15H13ClN2O4S/c1-9-7-12-13(22-15(19)18(12)2)8-14(9)23(20,21)17-11-6-4-3-5-10(11)16/h3-8,17H,1-2H3. The Labute approximate surface area is 137 Å². The van der Waals surface area contributed by atoms with E-state index in [9.17, 15) is 13.2 Å². The summed E-state index contributed by atoms with van der Waals surface area (Å²) in [5.41, 5.74) is 1.52. The van der Waals surface area contributed by atoms with Crippen LogP contribution in [0.3, 0.4) is 0 Å². The number of hydrogen-bond donors (Lipinski definition) is 1. The average molecular weight is 353 g/mol. The number of nitrogens with one attached hydrogen (secondary N) is 1. The van der Waals surface area contributed by atoms with Crippen LogP contribution < -0.4 is 10.5 Å². The molecular weight excluding hydrogens is 340 g/mol. The third-order valence-corrected chi connectivity index (χ3v) is 5.33. The van der Waals surface area contributed by atoms with Crippen molar-refractivity contribution in [3.8, 4) is 0 Å². The van der Waals surface area contributed by atoms with E-state index >= 15 is 0 Å². The zero-order chi connectivity index (χ0) is 16.8. The summed E-state index contributed by atoms with van der Waals surface area (Å²) >= 11 is 5.99. The lowest BCUT2D eigenvalue weighted by molar-refractivity contribution is 0.527. The molecular formula is C15H13ClN2O4S. The quantitative estimate of drug-likeness (QED) is 0.785. The Morgan fingerprint density at radius 1 is 1.22 bits per heavy atom. The summed E-state index contributed by atoms with van der Waals surface area (Å²) in [5, 5.41) is 0.293. The molecule has 0 atom stereocenters. The van der Waals surface area contributed by atoms with Gasteiger partial charge >= 0.3 is 5.76 Å². The van der Waals surface area contributed by atoms with Crippen LogP contribution in [0.5, 0.6) is 0 Å². The summed E-state index contributed by atoms with van der Waals surface area (Å²) in [5.74, 6) is -0.548. The van der Waals surface area contributed by atoms with Gasteiger partial charge in [0.05, 0.1) is 21.1 Å². The van der Waals surface area contributed by atoms with Crippen LogP contribution in [0.2, 0.25) is 5.02 Å². The number of rotatable bonds is 3. The van der Waals surface area contributed by atoms with Crippen molar-refractivity contribution >= 4 is 38.4 Å². The summed E-state index contributed by atoms with van der Waals surface area (Å²) < 4.78 is 34.0. The van der Waals surface area contributed by atoms with Gasteiger partial charge in [-0.05, 0) is 30.7 Å². The lowest BCUT2D eigenvalue weighted by Gasteiger charge is -2.11. The van der Waals surface area contributed by atoms with Crippen LogP contribution in [0.15, 0.2) is 50.5 Å². The summed E-state index contributed by atoms with van der Waals surface area (Å²) in [6, 6.07) is 9.47. The molecule has 0 saturated carbocycles. The first-order valence-corrected chi connectivity index (χ1v) is 8.53. The summed E-state index contributed by atoms with van der Waals surface area (Å²) in [7, 11) is -2.31. The smallest absolute Gasteiger partial charge is 0.408 e. The minimum atomic E-state index is -3.87. The molecule has 0 aliphatic rings. The molecule has 0 unspecified atom stereocenters. The van der Waals surface area contributed by atoms with Gasteiger partial charge in [-0.25, -0.2) is 13.2 Å². The molecule has 0 amide bonds. The van der Waals surface area contributed by atoms with Crippen molar-refractivity contribution in [1.29, 1.82) is 0 Å². The Bertz CT molecular complexity index is 1070. The van der Waals surface area contributed by atoms with E-state index in [4.69, 9.17) is 16.0 Å². The monoisotopic (exact) mass is 352 g/mol. The average Bonchev–Trinajstić information content (AvgIpc) is 2.76. The van der Waals surface area contributed by atoms with E-state index in [1.807, 2.05) is 0 Å². The van der Waals surface area contributed by atoms with Gasteiger partial charge in [0.1, 0.15) is 0 Å². The molecule has 8 heteroatoms. The number of nitrogens with zero attached hydrogens (tertiary/aromatic N) is 1. The first-order valence-electron chi connectivity index (χ1n) is 6.67. The van der Waals surface area contributed by atoms with Crippen LogP contribution in [-0.4, -0.2) is 13.0 Å². The first kappa shape index (κ1) is 15.6. The Balaban J connectivity index is 2.13. The number of halogens is 1. The van der Waals surface area contributed by atoms with Crippen LogP contribution in [0, 0.1) is 6.92 Å². The van der Waals surface area contributed by atoms with Crippen LogP contribution in [0.4, 0.5) is 5.69 Å². The molecule has 1 N–H and O–H groups in total. The summed E-state index contributed by atoms with van der Waals surface area (Å²) in [6.45, 7) is 1.65. The molecule has 3 aromatic rings. The molecule has 0 fully saturated rings. The predicted octanol–water partition coefficient (Wildman–Crippen LogP) is 2.89. The normalized spacial score (nSPS) is 11.8. The molecule has 1 heterocycles. The lowest BCUT2D eigenvalue weighted by Crippen LogP contribution is -2.14. The number of hydrogen-bond acceptors (Lipinski definition) is 4. The van der Waals surface area contributed by atoms with Crippen molar-refractivity contribution in [3.63, 3.8) is 0 Å². The zero-order valence-corrected chi connectivity index (χ0v) is 13.9. The van der Waals surface area contributed by atoms with Gasteiger partial charge in [0, 0.05) is 13.1 Å². The number of sulfonamides is 1. The molecule has 120 valence electrons. The number of fused-ring (bicyclic) bond motifs is 1. The van der Waals surface area contributed by atoms with Crippen molar-refractivity contribution in [3.05, 3.63) is 57.5 Å². The van der Waals surface area contributed by atoms with Gasteiger partial charge in [-0.1, -0.05) is 23.7 Å². The van der Waals surface area contributed by atoms with Crippen LogP contribution >= 0.6 is 11.6 Å². The van der Waals surface area contributed by atoms with Crippen molar-refractivity contribution in [2.24, 2.45) is 7.05 Å². The number of para-hydroxylation sites is 1. The van der Waals surface area contributed by atoms with E-state index in [2.05, 4.69) is 4.72 Å². The Morgan fingerprint density at radius 2 is 1.91 bits per heavy atom. The van der Waals surface area contributed by atoms with Gasteiger partial charge in [0.25, 0.3) is 10.0 Å². The minimum absolute atomic E-state index is 0.0271. The fourth-order valence-electron chi connectivity index (χ4n) is 2.29. The maximum Gasteiger partial charge on any atom is 0.419 e. The van der Waals surface area contributed by atoms with E-state index in [0.717, 1.165) is 0 Å². The highest BCUT2D eigenvalue weighted by Gasteiger charge is 2.21. The maximum absolute atomic E-state index is 12.6. The fourth-order valence-corrected chi connectivity index (χ4v) is 3.85. The molecule has 23 heavy (non-hydrogen) atoms. The zero-order valence-electron chi connectivity index (χ0n) is 12.3. The number of aryl methyl sites for hydroxylation is 2. The molecule has 0 bridgehead atoms. The Hall–Kier alpha value is -2.25. The highest BCUT2D eigenvalue weighted by molar-refractivity contribution is 7.92. The second kappa shape index (κ2) is 5.43. The van der Waals surface area contributed by atoms with Crippen molar-refractivity contribution in [2.45, 2.75) is 11.8 Å². The molecule has 0 spiro atoms. The highest BCUT2D eigenvalue weighted by atomic mass is 35.5. The molecule has 3 rings (SSSR count). The van der Waals surface area contributed by atoms with Gasteiger partial charge in [-0.2, -0.15) is 0 Å². The van der Waals surface area contributed by atoms with E-state index in [1.165, 1.54) is 10.6 Å². The topological polar surface area (TPSA) is 81.3 Å². The fraction of sp³-hybridized carbons (Fsp3) is 0.133. The molecule has 0 radical (unpaired) electrons. The Kier molecular flexibility index (Phi) is 3.69. The van der Waals surface area contributed by atoms with Gasteiger partial charge in [-0.15, -0.1) is 0 Å². The minimum Gasteiger partial charge on any atom is -0.408 e. The molecule has 6 nitrogen and oxygen atoms in total. The van der Waals surface area contributed by atoms with Crippen LogP contribution in [0.25, 0.3) is 11.1 Å². The number of oxazole rings is 1. The Morgan fingerprint density at radius 3 is 2.61 bits per heavy atom. The molecule has 2 aromatic carbocycles. The first-order chi connectivity index (χ1) is 10.8. The van der Waals surface area contributed by atoms with E-state index < -0.39 is 15.8 Å². The predicted molar refractivity (Wildman–Crippen MR) is 88.5 cm³/mol. The third-order valence-electron chi connectivity index (χ3n) is 3.50. The summed E-state index contributed by atoms with van der Waals surface area (Å²) in [4.78, 5) is 11.6. The van der Waals surface area contributed by atoms with Gasteiger partial charge in [-0.3, -0.25) is 9.29 Å². The lowest BCUT2D eigenvalue weighted by atomic mass is 10.2. The molecule has 0 aliphatic heterocycles. The number of benzene rings is 2. The molecule has 1 aromatic heterocycles. The van der Waals surface area contributed by atoms with E-state index in [-0.39, 0.29) is 16.2 Å². The van der Waals surface area contributed by atoms with Gasteiger partial charge < -0.3 is 4.42 Å². The third kappa shape index (κ3) is 2.73. The largest absolute Gasteiger partial charge is 0.419 e. The molecule has 0 saturated heterocycles. The van der Waals surface area contributed by atoms with Crippen molar-refractivity contribution < 1.29 is 12.8 Å². The van der Waals surface area contributed by atoms with Gasteiger partial charge in [0.15, 0.2) is 5.58 Å². The summed E-state index contributed by atoms with van der Waals surface area (Å²) in [6.07, 6.45) is 0. The van der Waals surface area contributed by atoms with Gasteiger partial charge in [0.2, 0.25) is 0 Å². The second-order valence-corrected chi connectivity index (χ2v) is 7.16. The number of aromatic nitrogens is 1. The van der Waals surface area contributed by atoms with Crippen molar-refractivity contribution in [2.75, 3.05) is 4.72 Å². The van der Waals surface area contributed by atoms with Crippen LogP contribution in [-0.2, 0) is 17.1 Å². The highest BCUT2D eigenvalue weighted by Crippen LogP contribution is 2.27. The van der Waals surface area contributed by atoms with E-state index in [0.29, 0.717) is 16.1 Å². The number of anilines is 1. The van der Waals surface area contributed by atoms with E-state index in [1.54, 1.807) is 44.3 Å². The molecule has 0 aliphatic carbocycles. The van der Waals surface area contributed by atoms with Crippen LogP contribution in [0.1, 0.15) is 5.56 Å². The maximum atomic E-state index is 12.6. The SMILES string of the molecule is Cc1cc2c(cc1S(=O)(=O)Nc1ccccc1Cl)oc(=O)n2C. The van der Waals surface area contributed by atoms with Crippen molar-refractivity contribution in [1.82, 2.24) is 4.57 Å². The second-order valence-electron chi connectivity index (χ2n) is 5.10.